The van der Waals surface area contributed by atoms with Gasteiger partial charge in [0, 0.05) is 11.1 Å². The van der Waals surface area contributed by atoms with Crippen molar-refractivity contribution in [2.45, 2.75) is 6.04 Å². The van der Waals surface area contributed by atoms with Gasteiger partial charge in [0.15, 0.2) is 0 Å². The van der Waals surface area contributed by atoms with Gasteiger partial charge in [-0.15, -0.1) is 11.3 Å². The number of halogens is 2. The van der Waals surface area contributed by atoms with Crippen LogP contribution in [0.5, 0.6) is 0 Å². The van der Waals surface area contributed by atoms with E-state index in [0.29, 0.717) is 0 Å². The lowest BCUT2D eigenvalue weighted by molar-refractivity contribution is -0.133. The number of fused-ring (bicyclic) bond motifs is 1. The molecule has 0 fully saturated rings. The lowest BCUT2D eigenvalue weighted by Gasteiger charge is -2.25. The fourth-order valence-electron chi connectivity index (χ4n) is 3.58. The van der Waals surface area contributed by atoms with Crippen molar-refractivity contribution in [3.8, 4) is 6.07 Å². The minimum absolute atomic E-state index is 0.0366. The number of carbonyl (C=O) groups excluding carboxylic acids is 1. The molecular formula is C23H15F2N3O3S. The summed E-state index contributed by atoms with van der Waals surface area (Å²) in [6, 6.07) is 12.2. The van der Waals surface area contributed by atoms with Gasteiger partial charge in [-0.2, -0.15) is 5.26 Å². The molecule has 0 spiro atoms. The molecule has 1 aromatic heterocycles. The molecule has 0 amide bonds. The largest absolute Gasteiger partial charge is 0.465 e. The molecule has 1 aliphatic rings. The molecule has 0 radical (unpaired) electrons. The highest BCUT2D eigenvalue weighted by Gasteiger charge is 2.35. The minimum Gasteiger partial charge on any atom is -0.465 e. The van der Waals surface area contributed by atoms with Gasteiger partial charge in [-0.05, 0) is 18.2 Å². The maximum absolute atomic E-state index is 14.7. The summed E-state index contributed by atoms with van der Waals surface area (Å²) in [5.41, 5.74) is 5.19. The van der Waals surface area contributed by atoms with Crippen LogP contribution in [0.2, 0.25) is 0 Å². The first-order chi connectivity index (χ1) is 15.4. The number of ether oxygens (including phenoxy) is 1. The lowest BCUT2D eigenvalue weighted by Crippen LogP contribution is -2.41. The van der Waals surface area contributed by atoms with Crippen molar-refractivity contribution in [1.29, 1.82) is 5.26 Å². The summed E-state index contributed by atoms with van der Waals surface area (Å²) in [7, 11) is 1.14. The molecule has 0 saturated heterocycles. The molecule has 32 heavy (non-hydrogen) atoms. The summed E-state index contributed by atoms with van der Waals surface area (Å²) < 4.78 is 35.0. The van der Waals surface area contributed by atoms with E-state index in [0.717, 1.165) is 23.0 Å². The van der Waals surface area contributed by atoms with Crippen LogP contribution >= 0.6 is 11.3 Å². The molecule has 0 bridgehead atoms. The summed E-state index contributed by atoms with van der Waals surface area (Å²) in [5.74, 6) is -2.04. The van der Waals surface area contributed by atoms with Crippen LogP contribution in [0.15, 0.2) is 64.6 Å². The number of benzene rings is 2. The van der Waals surface area contributed by atoms with Gasteiger partial charge in [0.2, 0.25) is 0 Å². The van der Waals surface area contributed by atoms with E-state index in [-0.39, 0.29) is 37.2 Å². The van der Waals surface area contributed by atoms with Crippen LogP contribution in [-0.4, -0.2) is 17.6 Å². The Hall–Kier alpha value is -4.03. The molecule has 1 aliphatic heterocycles. The Kier molecular flexibility index (Phi) is 5.47. The topological polar surface area (TPSA) is 98.1 Å². The Morgan fingerprint density at radius 3 is 2.47 bits per heavy atom. The van der Waals surface area contributed by atoms with Gasteiger partial charge >= 0.3 is 5.97 Å². The average molecular weight is 451 g/mol. The summed E-state index contributed by atoms with van der Waals surface area (Å²) in [4.78, 5) is 25.9. The van der Waals surface area contributed by atoms with E-state index < -0.39 is 29.2 Å². The fourth-order valence-corrected chi connectivity index (χ4v) is 4.74. The van der Waals surface area contributed by atoms with Crippen molar-refractivity contribution in [1.82, 2.24) is 4.57 Å². The SMILES string of the molecule is COC(=O)C1=c2sc(=Cc3ccccc3F)c(=O)n2C(c2ccccc2F)C(C#N)=C1N. The second-order valence-electron chi connectivity index (χ2n) is 6.84. The predicted molar refractivity (Wildman–Crippen MR) is 115 cm³/mol. The number of thiazole rings is 1. The predicted octanol–water partition coefficient (Wildman–Crippen LogP) is 1.68. The Balaban J connectivity index is 2.15. The van der Waals surface area contributed by atoms with E-state index in [1.807, 2.05) is 6.07 Å². The van der Waals surface area contributed by atoms with Gasteiger partial charge in [0.25, 0.3) is 5.56 Å². The number of nitriles is 1. The molecule has 160 valence electrons. The first kappa shape index (κ1) is 21.2. The van der Waals surface area contributed by atoms with Gasteiger partial charge in [-0.25, -0.2) is 13.6 Å². The molecule has 6 nitrogen and oxygen atoms in total. The first-order valence-corrected chi connectivity index (χ1v) is 10.2. The number of hydrogen-bond donors (Lipinski definition) is 1. The second-order valence-corrected chi connectivity index (χ2v) is 7.87. The van der Waals surface area contributed by atoms with Crippen LogP contribution < -0.4 is 20.5 Å². The molecule has 3 aromatic rings. The monoisotopic (exact) mass is 451 g/mol. The highest BCUT2D eigenvalue weighted by atomic mass is 32.1. The van der Waals surface area contributed by atoms with E-state index >= 15 is 0 Å². The Labute approximate surface area is 184 Å². The Bertz CT molecular complexity index is 1510. The second kappa shape index (κ2) is 8.24. The number of esters is 1. The summed E-state index contributed by atoms with van der Waals surface area (Å²) in [6.07, 6.45) is 1.34. The van der Waals surface area contributed by atoms with E-state index in [4.69, 9.17) is 10.5 Å². The average Bonchev–Trinajstić information content (AvgIpc) is 3.10. The van der Waals surface area contributed by atoms with Crippen molar-refractivity contribution >= 4 is 29.0 Å². The van der Waals surface area contributed by atoms with Gasteiger partial charge in [-0.1, -0.05) is 36.4 Å². The molecule has 1 unspecified atom stereocenters. The van der Waals surface area contributed by atoms with Gasteiger partial charge in [0.1, 0.15) is 27.9 Å². The van der Waals surface area contributed by atoms with Crippen LogP contribution in [0.3, 0.4) is 0 Å². The third-order valence-corrected chi connectivity index (χ3v) is 6.17. The third-order valence-electron chi connectivity index (χ3n) is 5.06. The summed E-state index contributed by atoms with van der Waals surface area (Å²) >= 11 is 0.882. The van der Waals surface area contributed by atoms with Crippen LogP contribution in [0, 0.1) is 23.0 Å². The first-order valence-electron chi connectivity index (χ1n) is 9.33. The van der Waals surface area contributed by atoms with E-state index in [1.165, 1.54) is 42.5 Å². The van der Waals surface area contributed by atoms with Crippen LogP contribution in [-0.2, 0) is 9.53 Å². The number of nitrogens with zero attached hydrogens (tertiary/aromatic N) is 2. The number of methoxy groups -OCH3 is 1. The number of carbonyl (C=O) groups is 1. The molecular weight excluding hydrogens is 436 g/mol. The maximum atomic E-state index is 14.7. The van der Waals surface area contributed by atoms with Crippen molar-refractivity contribution in [3.63, 3.8) is 0 Å². The molecule has 1 atom stereocenters. The molecule has 4 rings (SSSR count). The number of aromatic nitrogens is 1. The molecule has 2 heterocycles. The molecule has 2 aromatic carbocycles. The van der Waals surface area contributed by atoms with Crippen molar-refractivity contribution < 1.29 is 18.3 Å². The number of rotatable bonds is 3. The van der Waals surface area contributed by atoms with E-state index in [2.05, 4.69) is 0 Å². The smallest absolute Gasteiger partial charge is 0.343 e. The van der Waals surface area contributed by atoms with Gasteiger partial charge in [0.05, 0.1) is 29.0 Å². The van der Waals surface area contributed by atoms with Crippen molar-refractivity contribution in [2.24, 2.45) is 5.73 Å². The number of hydrogen-bond acceptors (Lipinski definition) is 6. The Morgan fingerprint density at radius 2 is 1.84 bits per heavy atom. The highest BCUT2D eigenvalue weighted by molar-refractivity contribution is 7.07. The zero-order valence-electron chi connectivity index (χ0n) is 16.6. The van der Waals surface area contributed by atoms with Crippen LogP contribution in [0.4, 0.5) is 8.78 Å². The minimum atomic E-state index is -1.20. The summed E-state index contributed by atoms with van der Waals surface area (Å²) in [6.45, 7) is 0. The zero-order valence-corrected chi connectivity index (χ0v) is 17.5. The highest BCUT2D eigenvalue weighted by Crippen LogP contribution is 2.32. The standard InChI is InChI=1S/C23H15F2N3O3S/c1-31-23(30)18-19(27)14(11-26)20(13-7-3-5-9-16(13)25)28-21(29)17(32-22(18)28)10-12-6-2-4-8-15(12)24/h2-10,20H,27H2,1H3. The van der Waals surface area contributed by atoms with Crippen molar-refractivity contribution in [3.05, 3.63) is 102 Å². The molecule has 2 N–H and O–H groups in total. The van der Waals surface area contributed by atoms with E-state index in [1.54, 1.807) is 12.1 Å². The Morgan fingerprint density at radius 1 is 1.19 bits per heavy atom. The summed E-state index contributed by atoms with van der Waals surface area (Å²) in [5, 5.41) is 9.81. The maximum Gasteiger partial charge on any atom is 0.343 e. The molecule has 9 heteroatoms. The van der Waals surface area contributed by atoms with E-state index in [9.17, 15) is 23.6 Å². The van der Waals surface area contributed by atoms with Gasteiger partial charge < -0.3 is 10.5 Å². The lowest BCUT2D eigenvalue weighted by atomic mass is 9.92. The third kappa shape index (κ3) is 3.31. The normalized spacial score (nSPS) is 16.0. The zero-order chi connectivity index (χ0) is 23.0. The number of nitrogens with two attached hydrogens (primary N) is 1. The van der Waals surface area contributed by atoms with Gasteiger partial charge in [-0.3, -0.25) is 9.36 Å². The van der Waals surface area contributed by atoms with Crippen LogP contribution in [0.1, 0.15) is 17.2 Å². The van der Waals surface area contributed by atoms with Crippen molar-refractivity contribution in [2.75, 3.05) is 7.11 Å². The molecule has 0 aliphatic carbocycles. The van der Waals surface area contributed by atoms with Crippen LogP contribution in [0.25, 0.3) is 11.6 Å². The number of allylic oxidation sites excluding steroid dienone is 1. The fraction of sp³-hybridized carbons (Fsp3) is 0.0870. The molecule has 0 saturated carbocycles. The quantitative estimate of drug-likeness (QED) is 0.611.